The Hall–Kier alpha value is -1.42. The van der Waals surface area contributed by atoms with Crippen molar-refractivity contribution in [3.63, 3.8) is 0 Å². The summed E-state index contributed by atoms with van der Waals surface area (Å²) in [5.41, 5.74) is 1.93. The van der Waals surface area contributed by atoms with E-state index in [1.165, 1.54) is 0 Å². The molecule has 1 N–H and O–H groups in total. The molecule has 1 fully saturated rings. The number of aromatic nitrogens is 1. The van der Waals surface area contributed by atoms with Gasteiger partial charge in [-0.1, -0.05) is 6.07 Å². The molecule has 4 heteroatoms. The van der Waals surface area contributed by atoms with Crippen LogP contribution in [0.1, 0.15) is 37.2 Å². The molecule has 17 heavy (non-hydrogen) atoms. The Kier molecular flexibility index (Phi) is 3.43. The number of aryl methyl sites for hydroxylation is 1. The molecule has 1 saturated heterocycles. The highest BCUT2D eigenvalue weighted by molar-refractivity contribution is 5.73. The maximum Gasteiger partial charge on any atom is 0.320 e. The Balaban J connectivity index is 2.19. The molecule has 0 bridgehead atoms. The first-order valence-corrected chi connectivity index (χ1v) is 6.01. The van der Waals surface area contributed by atoms with E-state index in [2.05, 4.69) is 4.98 Å². The van der Waals surface area contributed by atoms with Crippen LogP contribution < -0.4 is 0 Å². The van der Waals surface area contributed by atoms with Crippen molar-refractivity contribution >= 4 is 5.97 Å². The quantitative estimate of drug-likeness (QED) is 0.869. The number of carbonyl (C=O) groups is 1. The second-order valence-electron chi connectivity index (χ2n) is 4.61. The lowest BCUT2D eigenvalue weighted by atomic mass is 10.1. The second kappa shape index (κ2) is 4.84. The highest BCUT2D eigenvalue weighted by Crippen LogP contribution is 2.28. The number of likely N-dealkylation sites (tertiary alicyclic amines) is 1. The predicted molar refractivity (Wildman–Crippen MR) is 64.8 cm³/mol. The average Bonchev–Trinajstić information content (AvgIpc) is 2.77. The van der Waals surface area contributed by atoms with E-state index in [-0.39, 0.29) is 12.1 Å². The maximum absolute atomic E-state index is 11.2. The Morgan fingerprint density at radius 3 is 3.00 bits per heavy atom. The first-order valence-electron chi connectivity index (χ1n) is 6.01. The highest BCUT2D eigenvalue weighted by atomic mass is 16.4. The lowest BCUT2D eigenvalue weighted by molar-refractivity contribution is -0.142. The zero-order chi connectivity index (χ0) is 12.4. The van der Waals surface area contributed by atoms with E-state index in [1.807, 2.05) is 36.9 Å². The molecule has 1 aromatic heterocycles. The summed E-state index contributed by atoms with van der Waals surface area (Å²) in [5.74, 6) is -0.720. The predicted octanol–water partition coefficient (Wildman–Crippen LogP) is 2.00. The van der Waals surface area contributed by atoms with Crippen LogP contribution in [-0.4, -0.2) is 33.5 Å². The number of aliphatic carboxylic acids is 1. The van der Waals surface area contributed by atoms with Gasteiger partial charge in [-0.15, -0.1) is 0 Å². The Morgan fingerprint density at radius 1 is 1.59 bits per heavy atom. The third-order valence-corrected chi connectivity index (χ3v) is 3.41. The molecule has 0 aromatic carbocycles. The van der Waals surface area contributed by atoms with Crippen LogP contribution in [0, 0.1) is 6.92 Å². The molecule has 2 unspecified atom stereocenters. The van der Waals surface area contributed by atoms with Crippen LogP contribution in [0.3, 0.4) is 0 Å². The van der Waals surface area contributed by atoms with E-state index >= 15 is 0 Å². The summed E-state index contributed by atoms with van der Waals surface area (Å²) in [6.45, 7) is 4.83. The Bertz CT molecular complexity index is 420. The van der Waals surface area contributed by atoms with Gasteiger partial charge in [0.2, 0.25) is 0 Å². The summed E-state index contributed by atoms with van der Waals surface area (Å²) in [6, 6.07) is 5.61. The van der Waals surface area contributed by atoms with Gasteiger partial charge in [0, 0.05) is 5.69 Å². The smallest absolute Gasteiger partial charge is 0.320 e. The van der Waals surface area contributed by atoms with Crippen molar-refractivity contribution in [3.05, 3.63) is 29.6 Å². The standard InChI is InChI=1S/C13H18N2O2/c1-9-5-3-6-11(14-9)10(2)15-8-4-7-12(15)13(16)17/h3,5-6,10,12H,4,7-8H2,1-2H3,(H,16,17). The molecular weight excluding hydrogens is 216 g/mol. The number of hydrogen-bond acceptors (Lipinski definition) is 3. The normalized spacial score (nSPS) is 22.6. The van der Waals surface area contributed by atoms with Gasteiger partial charge in [-0.3, -0.25) is 14.7 Å². The van der Waals surface area contributed by atoms with Crippen molar-refractivity contribution in [2.75, 3.05) is 6.54 Å². The minimum absolute atomic E-state index is 0.0681. The van der Waals surface area contributed by atoms with E-state index in [0.29, 0.717) is 0 Å². The van der Waals surface area contributed by atoms with Crippen LogP contribution >= 0.6 is 0 Å². The number of carboxylic acid groups (broad SMARTS) is 1. The van der Waals surface area contributed by atoms with Crippen molar-refractivity contribution in [3.8, 4) is 0 Å². The first-order chi connectivity index (χ1) is 8.09. The fourth-order valence-electron chi connectivity index (χ4n) is 2.48. The Labute approximate surface area is 101 Å². The summed E-state index contributed by atoms with van der Waals surface area (Å²) in [7, 11) is 0. The molecule has 1 aliphatic heterocycles. The van der Waals surface area contributed by atoms with Crippen LogP contribution in [-0.2, 0) is 4.79 Å². The fraction of sp³-hybridized carbons (Fsp3) is 0.538. The minimum atomic E-state index is -0.720. The van der Waals surface area contributed by atoms with E-state index in [4.69, 9.17) is 0 Å². The van der Waals surface area contributed by atoms with Gasteiger partial charge in [0.15, 0.2) is 0 Å². The second-order valence-corrected chi connectivity index (χ2v) is 4.61. The minimum Gasteiger partial charge on any atom is -0.480 e. The molecule has 1 aliphatic rings. The molecule has 1 aromatic rings. The van der Waals surface area contributed by atoms with E-state index in [1.54, 1.807) is 0 Å². The molecular formula is C13H18N2O2. The third-order valence-electron chi connectivity index (χ3n) is 3.41. The summed E-state index contributed by atoms with van der Waals surface area (Å²) in [6.07, 6.45) is 1.69. The van der Waals surface area contributed by atoms with E-state index < -0.39 is 5.97 Å². The summed E-state index contributed by atoms with van der Waals surface area (Å²) in [5, 5.41) is 9.17. The summed E-state index contributed by atoms with van der Waals surface area (Å²) < 4.78 is 0. The number of nitrogens with zero attached hydrogens (tertiary/aromatic N) is 2. The van der Waals surface area contributed by atoms with Crippen LogP contribution in [0.4, 0.5) is 0 Å². The largest absolute Gasteiger partial charge is 0.480 e. The van der Waals surface area contributed by atoms with Gasteiger partial charge in [0.05, 0.1) is 11.7 Å². The molecule has 92 valence electrons. The summed E-state index contributed by atoms with van der Waals surface area (Å²) in [4.78, 5) is 17.7. The lowest BCUT2D eigenvalue weighted by Gasteiger charge is -2.27. The monoisotopic (exact) mass is 234 g/mol. The van der Waals surface area contributed by atoms with Crippen LogP contribution in [0.25, 0.3) is 0 Å². The summed E-state index contributed by atoms with van der Waals surface area (Å²) >= 11 is 0. The topological polar surface area (TPSA) is 53.4 Å². The maximum atomic E-state index is 11.2. The third kappa shape index (κ3) is 2.47. The Morgan fingerprint density at radius 2 is 2.35 bits per heavy atom. The fourth-order valence-corrected chi connectivity index (χ4v) is 2.48. The van der Waals surface area contributed by atoms with E-state index in [0.717, 1.165) is 30.8 Å². The van der Waals surface area contributed by atoms with Crippen LogP contribution in [0.2, 0.25) is 0 Å². The molecule has 2 rings (SSSR count). The zero-order valence-corrected chi connectivity index (χ0v) is 10.3. The molecule has 2 heterocycles. The molecule has 2 atom stereocenters. The molecule has 0 amide bonds. The SMILES string of the molecule is Cc1cccc(C(C)N2CCCC2C(=O)O)n1. The van der Waals surface area contributed by atoms with Crippen molar-refractivity contribution in [1.82, 2.24) is 9.88 Å². The molecule has 0 radical (unpaired) electrons. The molecule has 0 spiro atoms. The van der Waals surface area contributed by atoms with E-state index in [9.17, 15) is 9.90 Å². The van der Waals surface area contributed by atoms with Gasteiger partial charge < -0.3 is 5.11 Å². The molecule has 0 saturated carbocycles. The van der Waals surface area contributed by atoms with Gasteiger partial charge in [-0.25, -0.2) is 0 Å². The average molecular weight is 234 g/mol. The molecule has 0 aliphatic carbocycles. The number of pyridine rings is 1. The van der Waals surface area contributed by atoms with Gasteiger partial charge in [0.25, 0.3) is 0 Å². The first kappa shape index (κ1) is 12.0. The van der Waals surface area contributed by atoms with Gasteiger partial charge >= 0.3 is 5.97 Å². The van der Waals surface area contributed by atoms with Crippen molar-refractivity contribution < 1.29 is 9.90 Å². The number of carboxylic acids is 1. The van der Waals surface area contributed by atoms with Gasteiger partial charge in [-0.2, -0.15) is 0 Å². The van der Waals surface area contributed by atoms with Gasteiger partial charge in [-0.05, 0) is 45.4 Å². The van der Waals surface area contributed by atoms with Crippen molar-refractivity contribution in [2.45, 2.75) is 38.8 Å². The van der Waals surface area contributed by atoms with Crippen LogP contribution in [0.5, 0.6) is 0 Å². The highest BCUT2D eigenvalue weighted by Gasteiger charge is 2.34. The van der Waals surface area contributed by atoms with Crippen LogP contribution in [0.15, 0.2) is 18.2 Å². The number of rotatable bonds is 3. The van der Waals surface area contributed by atoms with Crippen molar-refractivity contribution in [2.24, 2.45) is 0 Å². The van der Waals surface area contributed by atoms with Crippen molar-refractivity contribution in [1.29, 1.82) is 0 Å². The lowest BCUT2D eigenvalue weighted by Crippen LogP contribution is -2.38. The zero-order valence-electron chi connectivity index (χ0n) is 10.3. The number of hydrogen-bond donors (Lipinski definition) is 1. The molecule has 4 nitrogen and oxygen atoms in total. The van der Waals surface area contributed by atoms with Gasteiger partial charge in [0.1, 0.15) is 6.04 Å².